The highest BCUT2D eigenvalue weighted by atomic mass is 16.6. The number of likely N-dealkylation sites (N-methyl/N-ethyl adjacent to an activating group) is 1. The SMILES string of the molecule is COc1cc(N2CCC(N3CC[C@@H](N(C)C)C3)CC2)ccc1[N+](=O)[O-]. The molecule has 2 aliphatic heterocycles. The van der Waals surface area contributed by atoms with E-state index in [0.717, 1.165) is 31.6 Å². The Morgan fingerprint density at radius 1 is 1.20 bits per heavy atom. The first-order chi connectivity index (χ1) is 12.0. The van der Waals surface area contributed by atoms with E-state index in [9.17, 15) is 10.1 Å². The van der Waals surface area contributed by atoms with Crippen LogP contribution in [-0.4, -0.2) is 74.2 Å². The lowest BCUT2D eigenvalue weighted by molar-refractivity contribution is -0.385. The summed E-state index contributed by atoms with van der Waals surface area (Å²) in [4.78, 5) is 17.9. The first-order valence-electron chi connectivity index (χ1n) is 8.97. The maximum atomic E-state index is 11.0. The molecule has 2 heterocycles. The summed E-state index contributed by atoms with van der Waals surface area (Å²) in [5.41, 5.74) is 1.03. The van der Waals surface area contributed by atoms with E-state index in [-0.39, 0.29) is 5.69 Å². The molecular weight excluding hydrogens is 320 g/mol. The molecule has 1 aromatic carbocycles. The summed E-state index contributed by atoms with van der Waals surface area (Å²) in [6.45, 7) is 4.32. The molecule has 138 valence electrons. The molecule has 0 radical (unpaired) electrons. The van der Waals surface area contributed by atoms with Gasteiger partial charge in [0.05, 0.1) is 12.0 Å². The molecule has 0 spiro atoms. The lowest BCUT2D eigenvalue weighted by atomic mass is 10.0. The molecule has 1 aromatic rings. The van der Waals surface area contributed by atoms with Crippen LogP contribution in [0, 0.1) is 10.1 Å². The zero-order valence-corrected chi connectivity index (χ0v) is 15.4. The second-order valence-electron chi connectivity index (χ2n) is 7.23. The topological polar surface area (TPSA) is 62.1 Å². The fourth-order valence-corrected chi connectivity index (χ4v) is 4.02. The molecule has 7 heteroatoms. The van der Waals surface area contributed by atoms with Crippen LogP contribution in [0.25, 0.3) is 0 Å². The second-order valence-corrected chi connectivity index (χ2v) is 7.23. The maximum absolute atomic E-state index is 11.0. The number of nitro groups is 1. The van der Waals surface area contributed by atoms with Crippen LogP contribution in [0.5, 0.6) is 5.75 Å². The molecule has 0 bridgehead atoms. The zero-order valence-electron chi connectivity index (χ0n) is 15.4. The van der Waals surface area contributed by atoms with Gasteiger partial charge in [-0.25, -0.2) is 0 Å². The van der Waals surface area contributed by atoms with Crippen LogP contribution in [0.3, 0.4) is 0 Å². The van der Waals surface area contributed by atoms with E-state index in [1.807, 2.05) is 6.07 Å². The maximum Gasteiger partial charge on any atom is 0.311 e. The third kappa shape index (κ3) is 3.88. The van der Waals surface area contributed by atoms with Crippen LogP contribution in [0.15, 0.2) is 18.2 Å². The van der Waals surface area contributed by atoms with Crippen molar-refractivity contribution in [1.82, 2.24) is 9.80 Å². The summed E-state index contributed by atoms with van der Waals surface area (Å²) in [7, 11) is 5.81. The van der Waals surface area contributed by atoms with Crippen LogP contribution in [0.1, 0.15) is 19.3 Å². The van der Waals surface area contributed by atoms with Crippen molar-refractivity contribution in [2.75, 3.05) is 52.3 Å². The lowest BCUT2D eigenvalue weighted by Crippen LogP contribution is -2.45. The summed E-state index contributed by atoms with van der Waals surface area (Å²) in [6.07, 6.45) is 3.53. The molecule has 0 aliphatic carbocycles. The van der Waals surface area contributed by atoms with E-state index < -0.39 is 4.92 Å². The second kappa shape index (κ2) is 7.58. The Morgan fingerprint density at radius 2 is 1.92 bits per heavy atom. The van der Waals surface area contributed by atoms with E-state index in [4.69, 9.17) is 4.74 Å². The molecule has 2 fully saturated rings. The number of likely N-dealkylation sites (tertiary alicyclic amines) is 1. The van der Waals surface area contributed by atoms with Gasteiger partial charge in [0.1, 0.15) is 0 Å². The average molecular weight is 348 g/mol. The number of methoxy groups -OCH3 is 1. The fourth-order valence-electron chi connectivity index (χ4n) is 4.02. The number of hydrogen-bond donors (Lipinski definition) is 0. The summed E-state index contributed by atoms with van der Waals surface area (Å²) in [5.74, 6) is 0.331. The van der Waals surface area contributed by atoms with Gasteiger partial charge in [-0.05, 0) is 39.4 Å². The van der Waals surface area contributed by atoms with Gasteiger partial charge in [0.25, 0.3) is 0 Å². The molecule has 3 rings (SSSR count). The van der Waals surface area contributed by atoms with E-state index in [2.05, 4.69) is 28.8 Å². The first kappa shape index (κ1) is 17.9. The van der Waals surface area contributed by atoms with Gasteiger partial charge < -0.3 is 14.5 Å². The highest BCUT2D eigenvalue weighted by Crippen LogP contribution is 2.33. The van der Waals surface area contributed by atoms with Crippen LogP contribution in [0.4, 0.5) is 11.4 Å². The summed E-state index contributed by atoms with van der Waals surface area (Å²) in [5, 5.41) is 11.0. The number of benzene rings is 1. The number of rotatable bonds is 5. The quantitative estimate of drug-likeness (QED) is 0.600. The Hall–Kier alpha value is -1.86. The van der Waals surface area contributed by atoms with Crippen molar-refractivity contribution in [3.8, 4) is 5.75 Å². The third-order valence-electron chi connectivity index (χ3n) is 5.63. The molecule has 1 atom stereocenters. The Morgan fingerprint density at radius 3 is 2.48 bits per heavy atom. The summed E-state index contributed by atoms with van der Waals surface area (Å²) < 4.78 is 5.19. The highest BCUT2D eigenvalue weighted by molar-refractivity contribution is 5.59. The zero-order chi connectivity index (χ0) is 18.0. The van der Waals surface area contributed by atoms with Crippen molar-refractivity contribution < 1.29 is 9.66 Å². The minimum Gasteiger partial charge on any atom is -0.490 e. The minimum atomic E-state index is -0.399. The number of piperidine rings is 1. The minimum absolute atomic E-state index is 0.0212. The molecule has 2 saturated heterocycles. The van der Waals surface area contributed by atoms with Crippen LogP contribution in [-0.2, 0) is 0 Å². The third-order valence-corrected chi connectivity index (χ3v) is 5.63. The molecule has 0 N–H and O–H groups in total. The molecule has 0 saturated carbocycles. The Kier molecular flexibility index (Phi) is 5.44. The standard InChI is InChI=1S/C18H28N4O3/c1-19(2)16-8-11-21(13-16)14-6-9-20(10-7-14)15-4-5-17(22(23)24)18(12-15)25-3/h4-5,12,14,16H,6-11,13H2,1-3H3/t16-/m1/s1. The fraction of sp³-hybridized carbons (Fsp3) is 0.667. The smallest absolute Gasteiger partial charge is 0.311 e. The van der Waals surface area contributed by atoms with E-state index in [1.54, 1.807) is 12.1 Å². The summed E-state index contributed by atoms with van der Waals surface area (Å²) in [6, 6.07) is 6.50. The first-order valence-corrected chi connectivity index (χ1v) is 8.97. The molecule has 25 heavy (non-hydrogen) atoms. The van der Waals surface area contributed by atoms with Gasteiger partial charge in [0, 0.05) is 56.1 Å². The predicted molar refractivity (Wildman–Crippen MR) is 98.5 cm³/mol. The van der Waals surface area contributed by atoms with Crippen molar-refractivity contribution in [1.29, 1.82) is 0 Å². The molecule has 2 aliphatic rings. The average Bonchev–Trinajstić information content (AvgIpc) is 3.11. The van der Waals surface area contributed by atoms with E-state index in [1.165, 1.54) is 26.6 Å². The monoisotopic (exact) mass is 348 g/mol. The lowest BCUT2D eigenvalue weighted by Gasteiger charge is -2.38. The van der Waals surface area contributed by atoms with Crippen LogP contribution < -0.4 is 9.64 Å². The van der Waals surface area contributed by atoms with Crippen molar-refractivity contribution in [3.05, 3.63) is 28.3 Å². The van der Waals surface area contributed by atoms with Gasteiger partial charge in [0.15, 0.2) is 5.75 Å². The van der Waals surface area contributed by atoms with E-state index >= 15 is 0 Å². The summed E-state index contributed by atoms with van der Waals surface area (Å²) >= 11 is 0. The van der Waals surface area contributed by atoms with Crippen molar-refractivity contribution in [2.45, 2.75) is 31.3 Å². The van der Waals surface area contributed by atoms with Gasteiger partial charge in [-0.1, -0.05) is 0 Å². The van der Waals surface area contributed by atoms with Gasteiger partial charge in [-0.3, -0.25) is 15.0 Å². The Balaban J connectivity index is 1.60. The van der Waals surface area contributed by atoms with Gasteiger partial charge in [0.2, 0.25) is 0 Å². The molecule has 7 nitrogen and oxygen atoms in total. The molecule has 0 aromatic heterocycles. The van der Waals surface area contributed by atoms with Crippen LogP contribution in [0.2, 0.25) is 0 Å². The van der Waals surface area contributed by atoms with Crippen LogP contribution >= 0.6 is 0 Å². The number of anilines is 1. The number of nitro benzene ring substituents is 1. The Labute approximate surface area is 149 Å². The number of ether oxygens (including phenoxy) is 1. The van der Waals surface area contributed by atoms with Crippen molar-refractivity contribution >= 4 is 11.4 Å². The van der Waals surface area contributed by atoms with Gasteiger partial charge >= 0.3 is 5.69 Å². The van der Waals surface area contributed by atoms with Crippen molar-refractivity contribution in [3.63, 3.8) is 0 Å². The van der Waals surface area contributed by atoms with Gasteiger partial charge in [-0.15, -0.1) is 0 Å². The Bertz CT molecular complexity index is 614. The predicted octanol–water partition coefficient (Wildman–Crippen LogP) is 2.21. The normalized spacial score (nSPS) is 22.6. The molecule has 0 amide bonds. The molecule has 0 unspecified atom stereocenters. The number of hydrogen-bond acceptors (Lipinski definition) is 6. The van der Waals surface area contributed by atoms with Gasteiger partial charge in [-0.2, -0.15) is 0 Å². The van der Waals surface area contributed by atoms with E-state index in [0.29, 0.717) is 17.8 Å². The largest absolute Gasteiger partial charge is 0.490 e. The molecular formula is C18H28N4O3. The highest BCUT2D eigenvalue weighted by Gasteiger charge is 2.31. The number of nitrogens with zero attached hydrogens (tertiary/aromatic N) is 4. The van der Waals surface area contributed by atoms with Crippen molar-refractivity contribution in [2.24, 2.45) is 0 Å².